The Balaban J connectivity index is 2.22. The maximum Gasteiger partial charge on any atom is 0.0992 e. The Morgan fingerprint density at radius 2 is 1.80 bits per heavy atom. The van der Waals surface area contributed by atoms with Crippen molar-refractivity contribution >= 4 is 22.4 Å². The lowest BCUT2D eigenvalue weighted by Gasteiger charge is -1.98. The first-order chi connectivity index (χ1) is 7.43. The van der Waals surface area contributed by atoms with Gasteiger partial charge in [-0.2, -0.15) is 0 Å². The van der Waals surface area contributed by atoms with Gasteiger partial charge in [0.1, 0.15) is 0 Å². The van der Waals surface area contributed by atoms with E-state index in [0.29, 0.717) is 0 Å². The summed E-state index contributed by atoms with van der Waals surface area (Å²) in [5.41, 5.74) is 2.84. The van der Waals surface area contributed by atoms with Crippen molar-refractivity contribution in [1.29, 1.82) is 0 Å². The van der Waals surface area contributed by atoms with Gasteiger partial charge in [0.05, 0.1) is 27.8 Å². The molecular weight excluding hydrogens is 204 g/mol. The molecule has 0 radical (unpaired) electrons. The van der Waals surface area contributed by atoms with Gasteiger partial charge in [0, 0.05) is 0 Å². The molecule has 0 aliphatic rings. The van der Waals surface area contributed by atoms with E-state index in [4.69, 9.17) is 0 Å². The summed E-state index contributed by atoms with van der Waals surface area (Å²) in [6.07, 6.45) is 1.83. The van der Waals surface area contributed by atoms with Gasteiger partial charge in [-0.1, -0.05) is 18.2 Å². The quantitative estimate of drug-likeness (QED) is 0.618. The van der Waals surface area contributed by atoms with E-state index in [1.165, 1.54) is 0 Å². The zero-order chi connectivity index (χ0) is 10.1. The van der Waals surface area contributed by atoms with Gasteiger partial charge in [-0.05, 0) is 23.6 Å². The summed E-state index contributed by atoms with van der Waals surface area (Å²) in [5.74, 6) is 0. The van der Waals surface area contributed by atoms with Crippen LogP contribution < -0.4 is 0 Å². The lowest BCUT2D eigenvalue weighted by Crippen LogP contribution is -1.85. The third-order valence-corrected chi connectivity index (χ3v) is 3.11. The average molecular weight is 212 g/mol. The summed E-state index contributed by atoms with van der Waals surface area (Å²) >= 11 is 1.68. The Bertz CT molecular complexity index is 587. The van der Waals surface area contributed by atoms with Crippen LogP contribution in [0.3, 0.4) is 0 Å². The molecule has 0 N–H and O–H groups in total. The largest absolute Gasteiger partial charge is 0.252 e. The van der Waals surface area contributed by atoms with Crippen LogP contribution in [-0.2, 0) is 0 Å². The fourth-order valence-corrected chi connectivity index (χ4v) is 2.18. The van der Waals surface area contributed by atoms with E-state index < -0.39 is 0 Å². The summed E-state index contributed by atoms with van der Waals surface area (Å²) in [6, 6.07) is 12.0. The molecule has 0 fully saturated rings. The molecule has 72 valence electrons. The number of thiophene rings is 1. The first-order valence-electron chi connectivity index (χ1n) is 4.69. The fraction of sp³-hybridized carbons (Fsp3) is 0. The van der Waals surface area contributed by atoms with Crippen LogP contribution in [-0.4, -0.2) is 9.97 Å². The molecule has 0 bridgehead atoms. The molecule has 3 rings (SSSR count). The number of aromatic nitrogens is 2. The van der Waals surface area contributed by atoms with Crippen LogP contribution in [0.4, 0.5) is 0 Å². The SMILES string of the molecule is c1csc(-c2cnc3ccccc3n2)c1. The Morgan fingerprint density at radius 1 is 0.933 bits per heavy atom. The van der Waals surface area contributed by atoms with Crippen LogP contribution >= 0.6 is 11.3 Å². The van der Waals surface area contributed by atoms with Gasteiger partial charge in [0.2, 0.25) is 0 Å². The van der Waals surface area contributed by atoms with Gasteiger partial charge in [0.15, 0.2) is 0 Å². The Morgan fingerprint density at radius 3 is 2.60 bits per heavy atom. The second-order valence-electron chi connectivity index (χ2n) is 3.22. The lowest BCUT2D eigenvalue weighted by molar-refractivity contribution is 1.30. The third-order valence-electron chi connectivity index (χ3n) is 2.22. The van der Waals surface area contributed by atoms with Crippen LogP contribution in [0.25, 0.3) is 21.6 Å². The van der Waals surface area contributed by atoms with Crippen LogP contribution in [0, 0.1) is 0 Å². The molecule has 1 aromatic carbocycles. The average Bonchev–Trinajstić information content (AvgIpc) is 2.82. The van der Waals surface area contributed by atoms with Gasteiger partial charge in [-0.25, -0.2) is 4.98 Å². The summed E-state index contributed by atoms with van der Waals surface area (Å²) < 4.78 is 0. The maximum absolute atomic E-state index is 4.57. The van der Waals surface area contributed by atoms with Gasteiger partial charge >= 0.3 is 0 Å². The van der Waals surface area contributed by atoms with Crippen molar-refractivity contribution < 1.29 is 0 Å². The number of nitrogens with zero attached hydrogens (tertiary/aromatic N) is 2. The van der Waals surface area contributed by atoms with Crippen molar-refractivity contribution in [2.45, 2.75) is 0 Å². The van der Waals surface area contributed by atoms with Crippen molar-refractivity contribution in [3.8, 4) is 10.6 Å². The number of rotatable bonds is 1. The maximum atomic E-state index is 4.57. The Labute approximate surface area is 91.2 Å². The molecule has 0 atom stereocenters. The van der Waals surface area contributed by atoms with Crippen molar-refractivity contribution in [2.24, 2.45) is 0 Å². The van der Waals surface area contributed by atoms with E-state index in [0.717, 1.165) is 21.6 Å². The van der Waals surface area contributed by atoms with Gasteiger partial charge in [-0.15, -0.1) is 11.3 Å². The van der Waals surface area contributed by atoms with Crippen LogP contribution in [0.15, 0.2) is 48.0 Å². The second kappa shape index (κ2) is 3.44. The van der Waals surface area contributed by atoms with Crippen LogP contribution in [0.1, 0.15) is 0 Å². The smallest absolute Gasteiger partial charge is 0.0992 e. The molecule has 0 aliphatic carbocycles. The molecule has 0 unspecified atom stereocenters. The van der Waals surface area contributed by atoms with Crippen LogP contribution in [0.2, 0.25) is 0 Å². The number of para-hydroxylation sites is 2. The standard InChI is InChI=1S/C12H8N2S/c1-2-5-10-9(4-1)13-8-11(14-10)12-6-3-7-15-12/h1-8H. The van der Waals surface area contributed by atoms with Crippen molar-refractivity contribution in [2.75, 3.05) is 0 Å². The van der Waals surface area contributed by atoms with Crippen molar-refractivity contribution in [1.82, 2.24) is 9.97 Å². The van der Waals surface area contributed by atoms with Gasteiger partial charge in [0.25, 0.3) is 0 Å². The third kappa shape index (κ3) is 1.51. The molecule has 3 aromatic rings. The topological polar surface area (TPSA) is 25.8 Å². The molecule has 0 saturated heterocycles. The van der Waals surface area contributed by atoms with Crippen molar-refractivity contribution in [3.63, 3.8) is 0 Å². The Kier molecular flexibility index (Phi) is 1.96. The van der Waals surface area contributed by atoms with E-state index in [2.05, 4.69) is 16.0 Å². The molecule has 0 aliphatic heterocycles. The zero-order valence-electron chi connectivity index (χ0n) is 7.92. The minimum atomic E-state index is 0.942. The van der Waals surface area contributed by atoms with E-state index in [1.807, 2.05) is 41.9 Å². The summed E-state index contributed by atoms with van der Waals surface area (Å²) in [6.45, 7) is 0. The molecule has 0 saturated carbocycles. The molecule has 0 amide bonds. The lowest BCUT2D eigenvalue weighted by atomic mass is 10.3. The first-order valence-corrected chi connectivity index (χ1v) is 5.57. The number of hydrogen-bond donors (Lipinski definition) is 0. The highest BCUT2D eigenvalue weighted by atomic mass is 32.1. The molecule has 2 heterocycles. The molecule has 0 spiro atoms. The summed E-state index contributed by atoms with van der Waals surface area (Å²) in [4.78, 5) is 10.1. The zero-order valence-corrected chi connectivity index (χ0v) is 8.74. The van der Waals surface area contributed by atoms with E-state index >= 15 is 0 Å². The highest BCUT2D eigenvalue weighted by Gasteiger charge is 2.02. The first kappa shape index (κ1) is 8.56. The molecular formula is C12H8N2S. The van der Waals surface area contributed by atoms with Crippen molar-refractivity contribution in [3.05, 3.63) is 48.0 Å². The summed E-state index contributed by atoms with van der Waals surface area (Å²) in [7, 11) is 0. The molecule has 2 nitrogen and oxygen atoms in total. The number of hydrogen-bond acceptors (Lipinski definition) is 3. The van der Waals surface area contributed by atoms with E-state index in [1.54, 1.807) is 11.3 Å². The predicted molar refractivity (Wildman–Crippen MR) is 62.9 cm³/mol. The van der Waals surface area contributed by atoms with Gasteiger partial charge < -0.3 is 0 Å². The van der Waals surface area contributed by atoms with Crippen LogP contribution in [0.5, 0.6) is 0 Å². The highest BCUT2D eigenvalue weighted by molar-refractivity contribution is 7.13. The minimum Gasteiger partial charge on any atom is -0.252 e. The predicted octanol–water partition coefficient (Wildman–Crippen LogP) is 3.36. The normalized spacial score (nSPS) is 10.7. The summed E-state index contributed by atoms with van der Waals surface area (Å²) in [5, 5.41) is 2.05. The minimum absolute atomic E-state index is 0.942. The molecule has 15 heavy (non-hydrogen) atoms. The number of fused-ring (bicyclic) bond motifs is 1. The monoisotopic (exact) mass is 212 g/mol. The molecule has 3 heteroatoms. The highest BCUT2D eigenvalue weighted by Crippen LogP contribution is 2.23. The van der Waals surface area contributed by atoms with Gasteiger partial charge in [-0.3, -0.25) is 4.98 Å². The fourth-order valence-electron chi connectivity index (χ4n) is 1.50. The molecule has 2 aromatic heterocycles. The Hall–Kier alpha value is -1.74. The number of benzene rings is 1. The van der Waals surface area contributed by atoms with E-state index in [9.17, 15) is 0 Å². The van der Waals surface area contributed by atoms with E-state index in [-0.39, 0.29) is 0 Å². The second-order valence-corrected chi connectivity index (χ2v) is 4.17.